The van der Waals surface area contributed by atoms with Crippen LogP contribution in [0.4, 0.5) is 0 Å². The minimum atomic E-state index is -0.327. The molecule has 0 spiro atoms. The molecule has 0 atom stereocenters. The molecule has 0 aromatic heterocycles. The topological polar surface area (TPSA) is 77.4 Å². The van der Waals surface area contributed by atoms with E-state index in [2.05, 4.69) is 27.7 Å². The molecule has 1 saturated heterocycles. The minimum Gasteiger partial charge on any atom is -0.390 e. The van der Waals surface area contributed by atoms with E-state index in [0.717, 1.165) is 52.2 Å². The summed E-state index contributed by atoms with van der Waals surface area (Å²) in [6, 6.07) is 12.2. The average Bonchev–Trinajstić information content (AvgIpc) is 2.66. The first kappa shape index (κ1) is 19.0. The Labute approximate surface area is 149 Å². The number of nitrogens with zero attached hydrogens (tertiary/aromatic N) is 2. The lowest BCUT2D eigenvalue weighted by Gasteiger charge is -2.26. The first-order chi connectivity index (χ1) is 12.3. The lowest BCUT2D eigenvalue weighted by Crippen LogP contribution is -2.41. The molecule has 1 heterocycles. The number of rotatable bonds is 9. The molecule has 1 aromatic rings. The largest absolute Gasteiger partial charge is 0.390 e. The molecule has 0 bridgehead atoms. The van der Waals surface area contributed by atoms with Gasteiger partial charge in [-0.25, -0.2) is 0 Å². The van der Waals surface area contributed by atoms with Crippen LogP contribution in [0.5, 0.6) is 0 Å². The molecule has 0 radical (unpaired) electrons. The Morgan fingerprint density at radius 2 is 2.00 bits per heavy atom. The fraction of sp³-hybridized carbons (Fsp3) is 0.474. The Bertz CT molecular complexity index is 589. The maximum Gasteiger partial charge on any atom is 0.263 e. The Hall–Kier alpha value is -2.36. The number of ether oxygens (including phenoxy) is 1. The first-order valence-electron chi connectivity index (χ1n) is 8.75. The quantitative estimate of drug-likeness (QED) is 0.399. The molecular weight excluding hydrogens is 316 g/mol. The molecule has 6 nitrogen and oxygen atoms in total. The highest BCUT2D eigenvalue weighted by atomic mass is 16.5. The number of benzene rings is 1. The maximum atomic E-state index is 12.0. The van der Waals surface area contributed by atoms with Gasteiger partial charge in [-0.05, 0) is 18.4 Å². The van der Waals surface area contributed by atoms with Gasteiger partial charge in [-0.3, -0.25) is 9.69 Å². The van der Waals surface area contributed by atoms with Gasteiger partial charge >= 0.3 is 0 Å². The van der Waals surface area contributed by atoms with Crippen molar-refractivity contribution >= 4 is 5.91 Å². The second-order valence-electron chi connectivity index (χ2n) is 5.92. The number of amides is 1. The van der Waals surface area contributed by atoms with Crippen molar-refractivity contribution in [2.75, 3.05) is 45.9 Å². The maximum absolute atomic E-state index is 12.0. The van der Waals surface area contributed by atoms with Crippen molar-refractivity contribution in [1.82, 2.24) is 15.5 Å². The smallest absolute Gasteiger partial charge is 0.263 e. The van der Waals surface area contributed by atoms with E-state index in [1.165, 1.54) is 11.8 Å². The molecule has 0 aliphatic carbocycles. The lowest BCUT2D eigenvalue weighted by atomic mass is 10.1. The highest BCUT2D eigenvalue weighted by Gasteiger charge is 2.12. The van der Waals surface area contributed by atoms with E-state index in [0.29, 0.717) is 6.54 Å². The molecular formula is C19H26N4O2. The predicted molar refractivity (Wildman–Crippen MR) is 96.7 cm³/mol. The van der Waals surface area contributed by atoms with Gasteiger partial charge in [0.05, 0.1) is 13.2 Å². The number of nitriles is 1. The molecule has 2 N–H and O–H groups in total. The van der Waals surface area contributed by atoms with Crippen LogP contribution in [0.25, 0.3) is 0 Å². The number of carbonyl (C=O) groups excluding carboxylic acids is 1. The van der Waals surface area contributed by atoms with E-state index in [4.69, 9.17) is 10.00 Å². The zero-order valence-corrected chi connectivity index (χ0v) is 14.5. The number of nitrogens with one attached hydrogen (secondary N) is 2. The van der Waals surface area contributed by atoms with E-state index >= 15 is 0 Å². The normalized spacial score (nSPS) is 15.4. The molecule has 1 aliphatic heterocycles. The highest BCUT2D eigenvalue weighted by molar-refractivity contribution is 5.97. The van der Waals surface area contributed by atoms with Crippen LogP contribution < -0.4 is 10.6 Å². The summed E-state index contributed by atoms with van der Waals surface area (Å²) in [7, 11) is 0. The van der Waals surface area contributed by atoms with Gasteiger partial charge in [-0.2, -0.15) is 5.26 Å². The van der Waals surface area contributed by atoms with Gasteiger partial charge < -0.3 is 15.4 Å². The average molecular weight is 342 g/mol. The molecule has 0 unspecified atom stereocenters. The summed E-state index contributed by atoms with van der Waals surface area (Å²) in [4.78, 5) is 14.3. The van der Waals surface area contributed by atoms with Gasteiger partial charge in [-0.15, -0.1) is 0 Å². The van der Waals surface area contributed by atoms with Crippen LogP contribution in [0.3, 0.4) is 0 Å². The van der Waals surface area contributed by atoms with E-state index in [9.17, 15) is 4.79 Å². The summed E-state index contributed by atoms with van der Waals surface area (Å²) in [5.41, 5.74) is 1.40. The monoisotopic (exact) mass is 342 g/mol. The number of hydrogen-bond donors (Lipinski definition) is 2. The van der Waals surface area contributed by atoms with Crippen LogP contribution in [0, 0.1) is 11.3 Å². The Kier molecular flexibility index (Phi) is 8.53. The van der Waals surface area contributed by atoms with Gasteiger partial charge in [0.15, 0.2) is 0 Å². The van der Waals surface area contributed by atoms with Gasteiger partial charge in [0.1, 0.15) is 11.6 Å². The molecule has 0 saturated carbocycles. The molecule has 1 aliphatic rings. The summed E-state index contributed by atoms with van der Waals surface area (Å²) in [6.07, 6.45) is 3.42. The van der Waals surface area contributed by atoms with Crippen molar-refractivity contribution in [2.24, 2.45) is 0 Å². The third-order valence-electron chi connectivity index (χ3n) is 4.06. The Morgan fingerprint density at radius 3 is 2.72 bits per heavy atom. The standard InChI is InChI=1S/C19H26N4O2/c20-15-18(16-21-8-4-7-17-5-2-1-3-6-17)19(24)22-9-10-23-11-13-25-14-12-23/h1-3,5-6,16,21H,4,7-14H2,(H,22,24)/b18-16-. The zero-order chi connectivity index (χ0) is 17.7. The van der Waals surface area contributed by atoms with E-state index in [1.54, 1.807) is 0 Å². The predicted octanol–water partition coefficient (Wildman–Crippen LogP) is 1.06. The molecule has 134 valence electrons. The van der Waals surface area contributed by atoms with Gasteiger partial charge in [0.2, 0.25) is 0 Å². The van der Waals surface area contributed by atoms with E-state index < -0.39 is 0 Å². The second-order valence-corrected chi connectivity index (χ2v) is 5.92. The van der Waals surface area contributed by atoms with Crippen LogP contribution >= 0.6 is 0 Å². The summed E-state index contributed by atoms with van der Waals surface area (Å²) < 4.78 is 5.29. The summed E-state index contributed by atoms with van der Waals surface area (Å²) in [5, 5.41) is 15.0. The van der Waals surface area contributed by atoms with Crippen molar-refractivity contribution in [2.45, 2.75) is 12.8 Å². The van der Waals surface area contributed by atoms with Crippen LogP contribution in [0.2, 0.25) is 0 Å². The summed E-state index contributed by atoms with van der Waals surface area (Å²) in [5.74, 6) is -0.327. The second kappa shape index (κ2) is 11.2. The highest BCUT2D eigenvalue weighted by Crippen LogP contribution is 2.01. The van der Waals surface area contributed by atoms with Crippen LogP contribution in [0.1, 0.15) is 12.0 Å². The summed E-state index contributed by atoms with van der Waals surface area (Å²) in [6.45, 7) is 5.29. The molecule has 2 rings (SSSR count). The van der Waals surface area contributed by atoms with E-state index in [1.807, 2.05) is 24.3 Å². The number of aryl methyl sites for hydroxylation is 1. The van der Waals surface area contributed by atoms with Crippen LogP contribution in [-0.4, -0.2) is 56.7 Å². The lowest BCUT2D eigenvalue weighted by molar-refractivity contribution is -0.117. The van der Waals surface area contributed by atoms with Crippen molar-refractivity contribution in [1.29, 1.82) is 5.26 Å². The number of hydrogen-bond acceptors (Lipinski definition) is 5. The third-order valence-corrected chi connectivity index (χ3v) is 4.06. The minimum absolute atomic E-state index is 0.113. The molecule has 6 heteroatoms. The molecule has 1 fully saturated rings. The van der Waals surface area contributed by atoms with Crippen LogP contribution in [-0.2, 0) is 16.0 Å². The van der Waals surface area contributed by atoms with Crippen molar-refractivity contribution in [3.05, 3.63) is 47.7 Å². The van der Waals surface area contributed by atoms with Gasteiger partial charge in [0.25, 0.3) is 5.91 Å². The van der Waals surface area contributed by atoms with Gasteiger partial charge in [0, 0.05) is 38.9 Å². The Morgan fingerprint density at radius 1 is 1.24 bits per heavy atom. The number of carbonyl (C=O) groups is 1. The van der Waals surface area contributed by atoms with Crippen molar-refractivity contribution < 1.29 is 9.53 Å². The van der Waals surface area contributed by atoms with Crippen molar-refractivity contribution in [3.8, 4) is 6.07 Å². The van der Waals surface area contributed by atoms with E-state index in [-0.39, 0.29) is 11.5 Å². The first-order valence-corrected chi connectivity index (χ1v) is 8.75. The fourth-order valence-electron chi connectivity index (χ4n) is 2.61. The SMILES string of the molecule is N#C/C(=C/NCCCc1ccccc1)C(=O)NCCN1CCOCC1. The van der Waals surface area contributed by atoms with Gasteiger partial charge in [-0.1, -0.05) is 30.3 Å². The third kappa shape index (κ3) is 7.38. The molecule has 25 heavy (non-hydrogen) atoms. The molecule has 1 amide bonds. The number of morpholine rings is 1. The van der Waals surface area contributed by atoms with Crippen LogP contribution in [0.15, 0.2) is 42.1 Å². The Balaban J connectivity index is 1.62. The molecule has 1 aromatic carbocycles. The summed E-state index contributed by atoms with van der Waals surface area (Å²) >= 11 is 0. The zero-order valence-electron chi connectivity index (χ0n) is 14.5. The van der Waals surface area contributed by atoms with Crippen molar-refractivity contribution in [3.63, 3.8) is 0 Å². The fourth-order valence-corrected chi connectivity index (χ4v) is 2.61.